The van der Waals surface area contributed by atoms with Gasteiger partial charge >= 0.3 is 0 Å². The first-order valence-electron chi connectivity index (χ1n) is 29.3. The number of nitrogens with one attached hydrogen (secondary N) is 5. The number of aliphatic hydroxyl groups excluding tert-OH is 12. The minimum atomic E-state index is -2.03. The van der Waals surface area contributed by atoms with Crippen LogP contribution in [0.25, 0.3) is 0 Å². The third kappa shape index (κ3) is 18.6. The molecule has 88 heavy (non-hydrogen) atoms. The van der Waals surface area contributed by atoms with E-state index in [0.717, 1.165) is 53.4 Å². The van der Waals surface area contributed by atoms with Gasteiger partial charge in [0.05, 0.1) is 39.6 Å². The summed E-state index contributed by atoms with van der Waals surface area (Å²) in [5.41, 5.74) is 0.0436. The van der Waals surface area contributed by atoms with Crippen LogP contribution in [-0.4, -0.2) is 284 Å². The van der Waals surface area contributed by atoms with Gasteiger partial charge in [0.1, 0.15) is 128 Å². The summed E-state index contributed by atoms with van der Waals surface area (Å²) in [4.78, 5) is 64.1. The molecule has 0 aliphatic carbocycles. The molecule has 32 heteroatoms. The lowest BCUT2D eigenvalue weighted by atomic mass is 9.93. The zero-order valence-corrected chi connectivity index (χ0v) is 49.4. The molecular weight excluding hydrogens is 1170 g/mol. The predicted octanol–water partition coefficient (Wildman–Crippen LogP) is -6.78. The van der Waals surface area contributed by atoms with Gasteiger partial charge in [0.15, 0.2) is 31.5 Å². The molecule has 5 aliphatic heterocycles. The number of ether oxygens (including phenoxy) is 10. The second-order valence-electron chi connectivity index (χ2n) is 22.0. The van der Waals surface area contributed by atoms with Crippen LogP contribution in [-0.2, 0) is 61.8 Å². The molecule has 5 heterocycles. The Morgan fingerprint density at radius 2 is 0.830 bits per heavy atom. The normalized spacial score (nSPS) is 37.5. The lowest BCUT2D eigenvalue weighted by Crippen LogP contribution is -2.72. The van der Waals surface area contributed by atoms with Gasteiger partial charge < -0.3 is 135 Å². The fourth-order valence-electron chi connectivity index (χ4n) is 11.0. The first kappa shape index (κ1) is 72.2. The molecule has 0 aromatic heterocycles. The van der Waals surface area contributed by atoms with E-state index >= 15 is 0 Å². The topological polar surface area (TPSA) is 481 Å². The quantitative estimate of drug-likeness (QED) is 0.0288. The Morgan fingerprint density at radius 1 is 0.455 bits per heavy atom. The zero-order valence-electron chi connectivity index (χ0n) is 49.4. The van der Waals surface area contributed by atoms with Crippen molar-refractivity contribution in [3.8, 4) is 17.6 Å². The van der Waals surface area contributed by atoms with Crippen LogP contribution in [0.15, 0.2) is 24.3 Å². The van der Waals surface area contributed by atoms with Crippen LogP contribution >= 0.6 is 0 Å². The SMILES string of the molecule is CCCCCCC#CCCCOc1cccc(C(=O)N[C@@H]2C(O[C@@H]3C(CO)O[C@@H](OC4C(CO)O[C@@H](O[C@@H]5C(CO)OC(OC6C(CO)O[C@@H](O)[C@@H](NC(C)=O)[C@H]6O)C(NC(C)=O)C5O)[C@@H](NC(C)=O)[C@H]4O)C(NC(C)=O)C3O)OC(CO)[C@@H](O)[C@@H]2O)c1. The molecule has 5 amide bonds. The third-order valence-electron chi connectivity index (χ3n) is 15.3. The summed E-state index contributed by atoms with van der Waals surface area (Å²) in [5.74, 6) is 2.72. The molecule has 25 atom stereocenters. The Bertz CT molecular complexity index is 2460. The van der Waals surface area contributed by atoms with Gasteiger partial charge in [-0.3, -0.25) is 24.0 Å². The lowest BCUT2D eigenvalue weighted by Gasteiger charge is -2.51. The first-order valence-corrected chi connectivity index (χ1v) is 29.3. The van der Waals surface area contributed by atoms with Gasteiger partial charge in [-0.2, -0.15) is 0 Å². The van der Waals surface area contributed by atoms with Crippen molar-refractivity contribution >= 4 is 29.5 Å². The fraction of sp³-hybridized carbons (Fsp3) is 0.768. The molecule has 32 nitrogen and oxygen atoms in total. The third-order valence-corrected chi connectivity index (χ3v) is 15.3. The van der Waals surface area contributed by atoms with E-state index in [4.69, 9.17) is 47.4 Å². The van der Waals surface area contributed by atoms with Crippen molar-refractivity contribution in [2.75, 3.05) is 39.6 Å². The molecule has 0 spiro atoms. The fourth-order valence-corrected chi connectivity index (χ4v) is 11.0. The van der Waals surface area contributed by atoms with Crippen molar-refractivity contribution < 1.29 is 133 Å². The summed E-state index contributed by atoms with van der Waals surface area (Å²) in [7, 11) is 0. The van der Waals surface area contributed by atoms with Crippen molar-refractivity contribution in [3.05, 3.63) is 29.8 Å². The van der Waals surface area contributed by atoms with Crippen LogP contribution in [0.1, 0.15) is 89.9 Å². The van der Waals surface area contributed by atoms with Crippen molar-refractivity contribution in [1.82, 2.24) is 26.6 Å². The maximum absolute atomic E-state index is 13.9. The Labute approximate surface area is 507 Å². The van der Waals surface area contributed by atoms with Crippen molar-refractivity contribution in [3.63, 3.8) is 0 Å². The van der Waals surface area contributed by atoms with E-state index in [9.17, 15) is 85.3 Å². The van der Waals surface area contributed by atoms with Crippen molar-refractivity contribution in [1.29, 1.82) is 0 Å². The average molecular weight is 1260 g/mol. The summed E-state index contributed by atoms with van der Waals surface area (Å²) in [6.45, 7) is 1.92. The highest BCUT2D eigenvalue weighted by atomic mass is 16.8. The Morgan fingerprint density at radius 3 is 1.24 bits per heavy atom. The number of unbranched alkanes of at least 4 members (excludes halogenated alkanes) is 5. The molecule has 0 radical (unpaired) electrons. The molecule has 1 aromatic carbocycles. The number of rotatable bonds is 27. The van der Waals surface area contributed by atoms with E-state index in [1.54, 1.807) is 12.1 Å². The number of benzene rings is 1. The summed E-state index contributed by atoms with van der Waals surface area (Å²) in [6.07, 6.45) is -29.4. The van der Waals surface area contributed by atoms with E-state index in [0.29, 0.717) is 25.2 Å². The molecule has 0 saturated carbocycles. The van der Waals surface area contributed by atoms with Crippen LogP contribution in [0.2, 0.25) is 0 Å². The van der Waals surface area contributed by atoms with Gasteiger partial charge in [0.25, 0.3) is 5.91 Å². The number of carbonyl (C=O) groups excluding carboxylic acids is 5. The van der Waals surface area contributed by atoms with Crippen LogP contribution < -0.4 is 31.3 Å². The Kier molecular flexibility index (Phi) is 28.3. The van der Waals surface area contributed by atoms with Gasteiger partial charge in [-0.25, -0.2) is 0 Å². The van der Waals surface area contributed by atoms with Gasteiger partial charge in [-0.1, -0.05) is 32.3 Å². The molecule has 5 fully saturated rings. The monoisotopic (exact) mass is 1260 g/mol. The number of hydrogen-bond acceptors (Lipinski definition) is 27. The van der Waals surface area contributed by atoms with E-state index in [1.807, 2.05) is 0 Å². The maximum atomic E-state index is 13.9. The predicted molar refractivity (Wildman–Crippen MR) is 296 cm³/mol. The van der Waals surface area contributed by atoms with Gasteiger partial charge in [-0.15, -0.1) is 11.8 Å². The van der Waals surface area contributed by atoms with Gasteiger partial charge in [-0.05, 0) is 31.0 Å². The van der Waals surface area contributed by atoms with Crippen LogP contribution in [0.4, 0.5) is 0 Å². The summed E-state index contributed by atoms with van der Waals surface area (Å²) in [5, 5.41) is 145. The van der Waals surface area contributed by atoms with Gasteiger partial charge in [0.2, 0.25) is 23.6 Å². The highest BCUT2D eigenvalue weighted by molar-refractivity contribution is 5.94. The first-order chi connectivity index (χ1) is 42.0. The molecule has 1 aromatic rings. The minimum Gasteiger partial charge on any atom is -0.494 e. The molecule has 498 valence electrons. The van der Waals surface area contributed by atoms with Crippen LogP contribution in [0, 0.1) is 11.8 Å². The van der Waals surface area contributed by atoms with Crippen LogP contribution in [0.5, 0.6) is 5.75 Å². The highest BCUT2D eigenvalue weighted by Crippen LogP contribution is 2.36. The number of aliphatic hydroxyl groups is 12. The van der Waals surface area contributed by atoms with Crippen molar-refractivity contribution in [2.24, 2.45) is 0 Å². The molecule has 6 rings (SSSR count). The number of carbonyl (C=O) groups is 5. The largest absolute Gasteiger partial charge is 0.494 e. The van der Waals surface area contributed by atoms with E-state index in [2.05, 4.69) is 45.3 Å². The second kappa shape index (κ2) is 34.5. The van der Waals surface area contributed by atoms with Crippen molar-refractivity contribution in [2.45, 2.75) is 233 Å². The number of amides is 5. The van der Waals surface area contributed by atoms with Gasteiger partial charge in [0, 0.05) is 46.1 Å². The van der Waals surface area contributed by atoms with E-state index < -0.39 is 216 Å². The second-order valence-corrected chi connectivity index (χ2v) is 22.0. The summed E-state index contributed by atoms with van der Waals surface area (Å²) >= 11 is 0. The zero-order chi connectivity index (χ0) is 64.5. The molecule has 5 saturated heterocycles. The Balaban J connectivity index is 1.18. The molecule has 13 unspecified atom stereocenters. The van der Waals surface area contributed by atoms with E-state index in [1.165, 1.54) is 18.6 Å². The average Bonchev–Trinajstić information content (AvgIpc) is 1.74. The lowest BCUT2D eigenvalue weighted by molar-refractivity contribution is -0.367. The van der Waals surface area contributed by atoms with E-state index in [-0.39, 0.29) is 5.56 Å². The summed E-state index contributed by atoms with van der Waals surface area (Å²) in [6, 6.07) is -2.26. The Hall–Kier alpha value is -4.91. The standard InChI is InChI=1S/C56H87N5O27/c1-6-7-8-9-10-11-12-13-14-18-79-30-17-15-16-29(19-30)51(77)61-37-42(72)41(71)31(20-62)81-53(37)86-48-33(22-64)83-55(39(44(48)74)59-27(4)69)88-50-35(24-66)84-56(40(46(50)76)60-28(5)70)87-49-34(23-65)82-54(38(45(49)75)58-26(3)68)85-47-32(21-63)80-52(78)36(43(47)73)57-25(2)67/h15-17,19,31-50,52-56,62-66,71-76,78H,6-10,13-14,18,20-24H2,1-5H3,(H,57,67)(H,58,68)(H,59,69)(H,60,70)(H,61,77)/t31?,32?,33?,34?,35?,36-,37-,38?,39?,40-,41+,42+,43+,44?,45?,46+,47?,48+,49+,50?,52+,53?,54?,55-,56-/m0/s1. The van der Waals surface area contributed by atoms with Crippen LogP contribution in [0.3, 0.4) is 0 Å². The summed E-state index contributed by atoms with van der Waals surface area (Å²) < 4.78 is 59.8. The number of hydrogen-bond donors (Lipinski definition) is 17. The maximum Gasteiger partial charge on any atom is 0.251 e. The highest BCUT2D eigenvalue weighted by Gasteiger charge is 2.58. The smallest absolute Gasteiger partial charge is 0.251 e. The molecule has 5 aliphatic rings. The molecular formula is C56H87N5O27. The molecule has 17 N–H and O–H groups in total. The molecule has 0 bridgehead atoms. The minimum absolute atomic E-state index is 0.0436.